The van der Waals surface area contributed by atoms with Gasteiger partial charge in [-0.3, -0.25) is 0 Å². The second kappa shape index (κ2) is 7.31. The Balaban J connectivity index is 1.82. The molecule has 0 atom stereocenters. The summed E-state index contributed by atoms with van der Waals surface area (Å²) in [6.45, 7) is 3.51. The topological polar surface area (TPSA) is 44.5 Å². The predicted molar refractivity (Wildman–Crippen MR) is 84.2 cm³/mol. The third kappa shape index (κ3) is 4.25. The maximum Gasteiger partial charge on any atom is 0.123 e. The van der Waals surface area contributed by atoms with Gasteiger partial charge in [-0.2, -0.15) is 0 Å². The molecule has 2 aromatic rings. The van der Waals surface area contributed by atoms with Gasteiger partial charge in [0.05, 0.1) is 0 Å². The van der Waals surface area contributed by atoms with E-state index in [-0.39, 0.29) is 0 Å². The minimum atomic E-state index is 0.477. The highest BCUT2D eigenvalue weighted by Gasteiger charge is 2.02. The van der Waals surface area contributed by atoms with Crippen molar-refractivity contribution in [3.05, 3.63) is 58.1 Å². The van der Waals surface area contributed by atoms with Crippen LogP contribution >= 0.6 is 15.9 Å². The molecule has 2 rings (SSSR count). The molecule has 0 bridgehead atoms. The molecule has 0 aromatic heterocycles. The standard InChI is InChI=1S/C16H18BrNO2/c1-12-2-7-16(13(10-12)11-18)20-9-8-19-15-5-3-14(17)4-6-15/h2-7,10H,8-9,11,18H2,1H3. The van der Waals surface area contributed by atoms with Crippen molar-refractivity contribution < 1.29 is 9.47 Å². The van der Waals surface area contributed by atoms with Crippen molar-refractivity contribution in [2.24, 2.45) is 5.73 Å². The summed E-state index contributed by atoms with van der Waals surface area (Å²) in [5.74, 6) is 1.66. The highest BCUT2D eigenvalue weighted by atomic mass is 79.9. The van der Waals surface area contributed by atoms with Gasteiger partial charge in [-0.25, -0.2) is 0 Å². The lowest BCUT2D eigenvalue weighted by atomic mass is 10.1. The molecular formula is C16H18BrNO2. The predicted octanol–water partition coefficient (Wildman–Crippen LogP) is 3.67. The Morgan fingerprint density at radius 3 is 2.40 bits per heavy atom. The van der Waals surface area contributed by atoms with Gasteiger partial charge in [0.15, 0.2) is 0 Å². The van der Waals surface area contributed by atoms with Crippen LogP contribution in [0.2, 0.25) is 0 Å². The first-order valence-electron chi connectivity index (χ1n) is 6.50. The van der Waals surface area contributed by atoms with Gasteiger partial charge in [-0.15, -0.1) is 0 Å². The smallest absolute Gasteiger partial charge is 0.123 e. The lowest BCUT2D eigenvalue weighted by molar-refractivity contribution is 0.216. The van der Waals surface area contributed by atoms with E-state index < -0.39 is 0 Å². The number of hydrogen-bond acceptors (Lipinski definition) is 3. The molecule has 0 aliphatic rings. The fraction of sp³-hybridized carbons (Fsp3) is 0.250. The Morgan fingerprint density at radius 1 is 1.00 bits per heavy atom. The van der Waals surface area contributed by atoms with E-state index in [1.807, 2.05) is 49.4 Å². The van der Waals surface area contributed by atoms with E-state index in [2.05, 4.69) is 15.9 Å². The van der Waals surface area contributed by atoms with Crippen molar-refractivity contribution in [2.75, 3.05) is 13.2 Å². The average molecular weight is 336 g/mol. The van der Waals surface area contributed by atoms with E-state index >= 15 is 0 Å². The van der Waals surface area contributed by atoms with E-state index in [0.29, 0.717) is 19.8 Å². The maximum absolute atomic E-state index is 5.71. The fourth-order valence-electron chi connectivity index (χ4n) is 1.85. The van der Waals surface area contributed by atoms with Gasteiger partial charge in [0.2, 0.25) is 0 Å². The minimum Gasteiger partial charge on any atom is -0.490 e. The van der Waals surface area contributed by atoms with E-state index in [1.54, 1.807) is 0 Å². The van der Waals surface area contributed by atoms with Gasteiger partial charge in [0.25, 0.3) is 0 Å². The summed E-state index contributed by atoms with van der Waals surface area (Å²) in [6, 6.07) is 13.8. The summed E-state index contributed by atoms with van der Waals surface area (Å²) in [5, 5.41) is 0. The number of aryl methyl sites for hydroxylation is 1. The molecule has 4 heteroatoms. The monoisotopic (exact) mass is 335 g/mol. The second-order valence-corrected chi connectivity index (χ2v) is 5.38. The van der Waals surface area contributed by atoms with Crippen molar-refractivity contribution in [1.82, 2.24) is 0 Å². The summed E-state index contributed by atoms with van der Waals surface area (Å²) < 4.78 is 12.4. The van der Waals surface area contributed by atoms with Crippen LogP contribution in [-0.2, 0) is 6.54 Å². The number of hydrogen-bond donors (Lipinski definition) is 1. The first kappa shape index (κ1) is 14.9. The molecule has 2 N–H and O–H groups in total. The number of halogens is 1. The van der Waals surface area contributed by atoms with Crippen LogP contribution in [0.25, 0.3) is 0 Å². The molecule has 0 amide bonds. The van der Waals surface area contributed by atoms with Crippen LogP contribution in [0, 0.1) is 6.92 Å². The van der Waals surface area contributed by atoms with Gasteiger partial charge in [0, 0.05) is 16.6 Å². The normalized spacial score (nSPS) is 10.3. The van der Waals surface area contributed by atoms with Gasteiger partial charge >= 0.3 is 0 Å². The molecule has 0 aliphatic heterocycles. The highest BCUT2D eigenvalue weighted by molar-refractivity contribution is 9.10. The van der Waals surface area contributed by atoms with Crippen molar-refractivity contribution in [3.8, 4) is 11.5 Å². The van der Waals surface area contributed by atoms with Gasteiger partial charge in [0.1, 0.15) is 24.7 Å². The highest BCUT2D eigenvalue weighted by Crippen LogP contribution is 2.20. The lowest BCUT2D eigenvalue weighted by Crippen LogP contribution is -2.11. The van der Waals surface area contributed by atoms with Crippen molar-refractivity contribution in [3.63, 3.8) is 0 Å². The van der Waals surface area contributed by atoms with Crippen LogP contribution in [0.15, 0.2) is 46.9 Å². The molecule has 3 nitrogen and oxygen atoms in total. The Morgan fingerprint density at radius 2 is 1.70 bits per heavy atom. The summed E-state index contributed by atoms with van der Waals surface area (Å²) in [6.07, 6.45) is 0. The van der Waals surface area contributed by atoms with Crippen LogP contribution in [0.3, 0.4) is 0 Å². The third-order valence-electron chi connectivity index (χ3n) is 2.86. The molecule has 0 radical (unpaired) electrons. The van der Waals surface area contributed by atoms with Crippen LogP contribution in [0.4, 0.5) is 0 Å². The van der Waals surface area contributed by atoms with Crippen LogP contribution in [-0.4, -0.2) is 13.2 Å². The first-order valence-corrected chi connectivity index (χ1v) is 7.29. The molecular weight excluding hydrogens is 318 g/mol. The van der Waals surface area contributed by atoms with Crippen molar-refractivity contribution >= 4 is 15.9 Å². The van der Waals surface area contributed by atoms with E-state index in [1.165, 1.54) is 5.56 Å². The third-order valence-corrected chi connectivity index (χ3v) is 3.39. The van der Waals surface area contributed by atoms with Gasteiger partial charge in [-0.1, -0.05) is 33.6 Å². The molecule has 0 heterocycles. The molecule has 0 unspecified atom stereocenters. The number of nitrogens with two attached hydrogens (primary N) is 1. The number of benzene rings is 2. The summed E-state index contributed by atoms with van der Waals surface area (Å²) in [7, 11) is 0. The number of rotatable bonds is 6. The average Bonchev–Trinajstić information content (AvgIpc) is 2.46. The molecule has 2 aromatic carbocycles. The zero-order valence-electron chi connectivity index (χ0n) is 11.4. The van der Waals surface area contributed by atoms with Crippen LogP contribution in [0.5, 0.6) is 11.5 Å². The first-order chi connectivity index (χ1) is 9.69. The maximum atomic E-state index is 5.71. The van der Waals surface area contributed by atoms with E-state index in [9.17, 15) is 0 Å². The van der Waals surface area contributed by atoms with Crippen molar-refractivity contribution in [1.29, 1.82) is 0 Å². The zero-order chi connectivity index (χ0) is 14.4. The lowest BCUT2D eigenvalue weighted by Gasteiger charge is -2.12. The quantitative estimate of drug-likeness (QED) is 0.819. The summed E-state index contributed by atoms with van der Waals surface area (Å²) in [5.41, 5.74) is 7.92. The van der Waals surface area contributed by atoms with E-state index in [4.69, 9.17) is 15.2 Å². The molecule has 0 spiro atoms. The fourth-order valence-corrected chi connectivity index (χ4v) is 2.11. The number of ether oxygens (including phenoxy) is 2. The largest absolute Gasteiger partial charge is 0.490 e. The SMILES string of the molecule is Cc1ccc(OCCOc2ccc(Br)cc2)c(CN)c1. The molecule has 0 fully saturated rings. The van der Waals surface area contributed by atoms with E-state index in [0.717, 1.165) is 21.5 Å². The molecule has 20 heavy (non-hydrogen) atoms. The molecule has 0 saturated carbocycles. The second-order valence-electron chi connectivity index (χ2n) is 4.47. The van der Waals surface area contributed by atoms with Gasteiger partial charge in [-0.05, 0) is 37.3 Å². The van der Waals surface area contributed by atoms with Gasteiger partial charge < -0.3 is 15.2 Å². The Kier molecular flexibility index (Phi) is 5.44. The van der Waals surface area contributed by atoms with Crippen LogP contribution in [0.1, 0.15) is 11.1 Å². The minimum absolute atomic E-state index is 0.477. The molecule has 0 aliphatic carbocycles. The summed E-state index contributed by atoms with van der Waals surface area (Å²) >= 11 is 3.39. The summed E-state index contributed by atoms with van der Waals surface area (Å²) in [4.78, 5) is 0. The Labute approximate surface area is 127 Å². The molecule has 0 saturated heterocycles. The Bertz CT molecular complexity index is 555. The molecule has 106 valence electrons. The van der Waals surface area contributed by atoms with Crippen LogP contribution < -0.4 is 15.2 Å². The van der Waals surface area contributed by atoms with Crippen molar-refractivity contribution in [2.45, 2.75) is 13.5 Å². The Hall–Kier alpha value is -1.52. The zero-order valence-corrected chi connectivity index (χ0v) is 13.0.